The Hall–Kier alpha value is -2.30. The first-order valence-electron chi connectivity index (χ1n) is 8.01. The number of thioether (sulfide) groups is 1. The molecule has 0 radical (unpaired) electrons. The fourth-order valence-electron chi connectivity index (χ4n) is 2.71. The third-order valence-electron chi connectivity index (χ3n) is 3.93. The van der Waals surface area contributed by atoms with E-state index in [1.807, 2.05) is 12.1 Å². The minimum Gasteiger partial charge on any atom is -0.456 e. The quantitative estimate of drug-likeness (QED) is 0.754. The molecule has 5 nitrogen and oxygen atoms in total. The van der Waals surface area contributed by atoms with Crippen LogP contribution in [0.15, 0.2) is 40.9 Å². The van der Waals surface area contributed by atoms with Gasteiger partial charge in [-0.3, -0.25) is 14.9 Å². The van der Waals surface area contributed by atoms with Crippen LogP contribution in [0.2, 0.25) is 0 Å². The molecule has 2 aliphatic rings. The summed E-state index contributed by atoms with van der Waals surface area (Å²) in [6.07, 6.45) is 3.55. The number of fused-ring (bicyclic) bond motifs is 1. The van der Waals surface area contributed by atoms with E-state index >= 15 is 0 Å². The van der Waals surface area contributed by atoms with Crippen molar-refractivity contribution in [3.63, 3.8) is 0 Å². The molecule has 1 fully saturated rings. The highest BCUT2D eigenvalue weighted by Gasteiger charge is 2.16. The SMILES string of the molecule is N#Cc1ccc(Oc2ccc3c(c2)CCC3)c(Br)c1.O=C1CSC(=O)N1. The van der Waals surface area contributed by atoms with E-state index in [1.54, 1.807) is 12.1 Å². The maximum absolute atomic E-state index is 10.1. The molecule has 0 bridgehead atoms. The summed E-state index contributed by atoms with van der Waals surface area (Å²) in [5.74, 6) is 1.69. The minimum absolute atomic E-state index is 0.185. The van der Waals surface area contributed by atoms with Crippen LogP contribution in [0.5, 0.6) is 11.5 Å². The van der Waals surface area contributed by atoms with E-state index in [2.05, 4.69) is 39.4 Å². The zero-order valence-corrected chi connectivity index (χ0v) is 16.2. The molecule has 0 unspecified atom stereocenters. The zero-order chi connectivity index (χ0) is 18.5. The summed E-state index contributed by atoms with van der Waals surface area (Å²) in [5, 5.41) is 10.7. The Balaban J connectivity index is 0.000000236. The maximum Gasteiger partial charge on any atom is 0.286 e. The lowest BCUT2D eigenvalue weighted by Crippen LogP contribution is -2.18. The summed E-state index contributed by atoms with van der Waals surface area (Å²) in [4.78, 5) is 20.2. The number of hydrogen-bond donors (Lipinski definition) is 1. The number of aryl methyl sites for hydroxylation is 2. The standard InChI is InChI=1S/C16H12BrNO.C3H3NO2S/c17-15-8-11(10-18)4-7-16(15)19-14-6-5-12-2-1-3-13(12)9-14;5-2-1-7-3(6)4-2/h4-9H,1-3H2;1H2,(H,4,5,6). The Morgan fingerprint density at radius 3 is 2.54 bits per heavy atom. The van der Waals surface area contributed by atoms with Crippen LogP contribution in [-0.2, 0) is 17.6 Å². The number of hydrogen-bond acceptors (Lipinski definition) is 5. The highest BCUT2D eigenvalue weighted by atomic mass is 79.9. The van der Waals surface area contributed by atoms with Crippen molar-refractivity contribution in [2.24, 2.45) is 0 Å². The summed E-state index contributed by atoms with van der Waals surface area (Å²) in [6, 6.07) is 13.7. The number of nitriles is 1. The first kappa shape index (κ1) is 18.5. The maximum atomic E-state index is 10.1. The summed E-state index contributed by atoms with van der Waals surface area (Å²) < 4.78 is 6.68. The predicted octanol–water partition coefficient (Wildman–Crippen LogP) is 4.57. The second-order valence-corrected chi connectivity index (χ2v) is 7.57. The number of rotatable bonds is 2. The number of amides is 2. The van der Waals surface area contributed by atoms with Gasteiger partial charge in [0, 0.05) is 0 Å². The first-order valence-corrected chi connectivity index (χ1v) is 9.79. The van der Waals surface area contributed by atoms with Crippen molar-refractivity contribution in [2.45, 2.75) is 19.3 Å². The van der Waals surface area contributed by atoms with Crippen LogP contribution >= 0.6 is 27.7 Å². The monoisotopic (exact) mass is 430 g/mol. The van der Waals surface area contributed by atoms with Crippen molar-refractivity contribution in [1.82, 2.24) is 5.32 Å². The van der Waals surface area contributed by atoms with Gasteiger partial charge in [-0.15, -0.1) is 0 Å². The molecule has 1 aliphatic heterocycles. The highest BCUT2D eigenvalue weighted by Crippen LogP contribution is 2.33. The molecule has 0 spiro atoms. The predicted molar refractivity (Wildman–Crippen MR) is 103 cm³/mol. The normalized spacial score (nSPS) is 14.8. The molecule has 4 rings (SSSR count). The molecule has 26 heavy (non-hydrogen) atoms. The number of ether oxygens (including phenoxy) is 1. The third kappa shape index (κ3) is 4.65. The van der Waals surface area contributed by atoms with Crippen LogP contribution < -0.4 is 10.1 Å². The number of benzene rings is 2. The van der Waals surface area contributed by atoms with Gasteiger partial charge in [0.05, 0.1) is 21.9 Å². The molecule has 0 atom stereocenters. The smallest absolute Gasteiger partial charge is 0.286 e. The lowest BCUT2D eigenvalue weighted by atomic mass is 10.1. The van der Waals surface area contributed by atoms with E-state index in [0.29, 0.717) is 11.3 Å². The average Bonchev–Trinajstić information content (AvgIpc) is 3.25. The Labute approximate surface area is 163 Å². The van der Waals surface area contributed by atoms with Crippen LogP contribution in [0.1, 0.15) is 23.1 Å². The molecule has 1 aliphatic carbocycles. The number of halogens is 1. The molecule has 2 amide bonds. The molecular weight excluding hydrogens is 416 g/mol. The molecule has 7 heteroatoms. The first-order chi connectivity index (χ1) is 12.5. The largest absolute Gasteiger partial charge is 0.456 e. The molecular formula is C19H15BrN2O3S. The number of nitrogens with one attached hydrogen (secondary N) is 1. The van der Waals surface area contributed by atoms with Gasteiger partial charge in [-0.05, 0) is 76.7 Å². The number of carbonyl (C=O) groups is 2. The van der Waals surface area contributed by atoms with Crippen LogP contribution in [-0.4, -0.2) is 16.9 Å². The fourth-order valence-corrected chi connectivity index (χ4v) is 3.69. The Bertz CT molecular complexity index is 894. The zero-order valence-electron chi connectivity index (χ0n) is 13.8. The van der Waals surface area contributed by atoms with Gasteiger partial charge in [0.15, 0.2) is 0 Å². The van der Waals surface area contributed by atoms with Crippen LogP contribution in [0.3, 0.4) is 0 Å². The molecule has 2 aromatic rings. The number of carbonyl (C=O) groups excluding carboxylic acids is 2. The van der Waals surface area contributed by atoms with Gasteiger partial charge in [0.2, 0.25) is 5.91 Å². The van der Waals surface area contributed by atoms with Gasteiger partial charge in [-0.2, -0.15) is 5.26 Å². The topological polar surface area (TPSA) is 79.2 Å². The third-order valence-corrected chi connectivity index (χ3v) is 5.33. The number of nitrogens with zero attached hydrogens (tertiary/aromatic N) is 1. The Morgan fingerprint density at radius 2 is 1.92 bits per heavy atom. The van der Waals surface area contributed by atoms with Crippen LogP contribution in [0.4, 0.5) is 4.79 Å². The summed E-state index contributed by atoms with van der Waals surface area (Å²) in [5.41, 5.74) is 3.45. The van der Waals surface area contributed by atoms with Crippen molar-refractivity contribution in [1.29, 1.82) is 5.26 Å². The molecule has 2 aromatic carbocycles. The summed E-state index contributed by atoms with van der Waals surface area (Å²) in [6.45, 7) is 0. The van der Waals surface area contributed by atoms with E-state index < -0.39 is 0 Å². The van der Waals surface area contributed by atoms with Gasteiger partial charge in [0.1, 0.15) is 11.5 Å². The fraction of sp³-hybridized carbons (Fsp3) is 0.211. The molecule has 0 aromatic heterocycles. The van der Waals surface area contributed by atoms with Gasteiger partial charge in [-0.25, -0.2) is 0 Å². The van der Waals surface area contributed by atoms with E-state index in [0.717, 1.165) is 34.2 Å². The lowest BCUT2D eigenvalue weighted by molar-refractivity contribution is -0.117. The summed E-state index contributed by atoms with van der Waals surface area (Å²) >= 11 is 4.44. The number of imide groups is 1. The second-order valence-electron chi connectivity index (χ2n) is 5.77. The van der Waals surface area contributed by atoms with Crippen molar-refractivity contribution in [3.05, 3.63) is 57.6 Å². The van der Waals surface area contributed by atoms with E-state index in [4.69, 9.17) is 10.00 Å². The highest BCUT2D eigenvalue weighted by molar-refractivity contribution is 9.10. The van der Waals surface area contributed by atoms with Crippen LogP contribution in [0, 0.1) is 11.3 Å². The van der Waals surface area contributed by atoms with Crippen molar-refractivity contribution in [2.75, 3.05) is 5.75 Å². The molecule has 1 N–H and O–H groups in total. The second kappa shape index (κ2) is 8.39. The van der Waals surface area contributed by atoms with Gasteiger partial charge in [0.25, 0.3) is 5.24 Å². The molecule has 132 valence electrons. The molecule has 0 saturated carbocycles. The van der Waals surface area contributed by atoms with E-state index in [-0.39, 0.29) is 11.1 Å². The Morgan fingerprint density at radius 1 is 1.12 bits per heavy atom. The Kier molecular flexibility index (Phi) is 5.96. The molecule has 1 saturated heterocycles. The molecule has 1 heterocycles. The van der Waals surface area contributed by atoms with Crippen molar-refractivity contribution < 1.29 is 14.3 Å². The minimum atomic E-state index is -0.231. The van der Waals surface area contributed by atoms with Crippen LogP contribution in [0.25, 0.3) is 0 Å². The van der Waals surface area contributed by atoms with Gasteiger partial charge < -0.3 is 4.74 Å². The van der Waals surface area contributed by atoms with Crippen molar-refractivity contribution in [3.8, 4) is 17.6 Å². The van der Waals surface area contributed by atoms with Gasteiger partial charge in [-0.1, -0.05) is 17.8 Å². The lowest BCUT2D eigenvalue weighted by Gasteiger charge is -2.09. The van der Waals surface area contributed by atoms with E-state index in [9.17, 15) is 9.59 Å². The summed E-state index contributed by atoms with van der Waals surface area (Å²) in [7, 11) is 0. The average molecular weight is 431 g/mol. The van der Waals surface area contributed by atoms with E-state index in [1.165, 1.54) is 24.0 Å². The van der Waals surface area contributed by atoms with Gasteiger partial charge >= 0.3 is 0 Å². The van der Waals surface area contributed by atoms with Crippen molar-refractivity contribution >= 4 is 38.8 Å².